The predicted octanol–water partition coefficient (Wildman–Crippen LogP) is 13.7. The molecule has 55 heavy (non-hydrogen) atoms. The van der Waals surface area contributed by atoms with Crippen LogP contribution in [0.5, 0.6) is 0 Å². The Balaban J connectivity index is 0.958. The lowest BCUT2D eigenvalue weighted by Crippen LogP contribution is -1.94. The second-order valence-corrected chi connectivity index (χ2v) is 14.4. The van der Waals surface area contributed by atoms with Crippen molar-refractivity contribution in [2.24, 2.45) is 0 Å². The van der Waals surface area contributed by atoms with E-state index in [1.165, 1.54) is 59.6 Å². The first kappa shape index (κ1) is 30.1. The average Bonchev–Trinajstić information content (AvgIpc) is 3.93. The number of aromatic nitrogens is 3. The molecule has 0 aliphatic rings. The first-order valence-electron chi connectivity index (χ1n) is 18.7. The molecule has 3 heterocycles. The van der Waals surface area contributed by atoms with Crippen molar-refractivity contribution >= 4 is 76.3 Å². The van der Waals surface area contributed by atoms with Crippen molar-refractivity contribution in [2.45, 2.75) is 0 Å². The second kappa shape index (κ2) is 11.5. The fourth-order valence-corrected chi connectivity index (χ4v) is 8.75. The molecule has 3 aromatic heterocycles. The lowest BCUT2D eigenvalue weighted by Gasteiger charge is -2.11. The minimum absolute atomic E-state index is 0.618. The van der Waals surface area contributed by atoms with Crippen LogP contribution >= 0.6 is 0 Å². The molecule has 12 aromatic rings. The van der Waals surface area contributed by atoms with E-state index in [0.717, 1.165) is 44.7 Å². The Morgan fingerprint density at radius 3 is 1.65 bits per heavy atom. The highest BCUT2D eigenvalue weighted by atomic mass is 16.3. The van der Waals surface area contributed by atoms with E-state index in [2.05, 4.69) is 197 Å². The highest BCUT2D eigenvalue weighted by Crippen LogP contribution is 2.39. The van der Waals surface area contributed by atoms with Gasteiger partial charge in [-0.1, -0.05) is 109 Å². The van der Waals surface area contributed by atoms with Gasteiger partial charge in [-0.05, 0) is 112 Å². The Morgan fingerprint density at radius 2 is 0.891 bits per heavy atom. The lowest BCUT2D eigenvalue weighted by molar-refractivity contribution is 0.620. The average molecular weight is 702 g/mol. The third kappa shape index (κ3) is 4.55. The summed E-state index contributed by atoms with van der Waals surface area (Å²) in [5.74, 6) is 0.618. The third-order valence-electron chi connectivity index (χ3n) is 11.3. The molecule has 0 bridgehead atoms. The van der Waals surface area contributed by atoms with Crippen molar-refractivity contribution in [3.05, 3.63) is 188 Å². The van der Waals surface area contributed by atoms with Crippen molar-refractivity contribution in [3.8, 4) is 34.0 Å². The zero-order valence-electron chi connectivity index (χ0n) is 29.6. The fourth-order valence-electron chi connectivity index (χ4n) is 8.75. The molecule has 0 aliphatic heterocycles. The van der Waals surface area contributed by atoms with Crippen LogP contribution < -0.4 is 0 Å². The molecule has 4 heteroatoms. The number of hydrogen-bond acceptors (Lipinski definition) is 2. The predicted molar refractivity (Wildman–Crippen MR) is 229 cm³/mol. The Labute approximate surface area is 315 Å². The number of oxazole rings is 1. The van der Waals surface area contributed by atoms with Gasteiger partial charge in [0.2, 0.25) is 5.89 Å². The molecule has 0 unspecified atom stereocenters. The summed E-state index contributed by atoms with van der Waals surface area (Å²) in [7, 11) is 0. The molecule has 0 atom stereocenters. The van der Waals surface area contributed by atoms with Crippen molar-refractivity contribution in [3.63, 3.8) is 0 Å². The molecule has 0 N–H and O–H groups in total. The Bertz CT molecular complexity index is 3490. The van der Waals surface area contributed by atoms with E-state index < -0.39 is 0 Å². The summed E-state index contributed by atoms with van der Waals surface area (Å²) in [6.45, 7) is 0. The molecule has 0 saturated heterocycles. The van der Waals surface area contributed by atoms with Gasteiger partial charge in [0.15, 0.2) is 5.58 Å². The van der Waals surface area contributed by atoms with Crippen molar-refractivity contribution in [1.82, 2.24) is 14.1 Å². The molecule has 0 amide bonds. The van der Waals surface area contributed by atoms with Gasteiger partial charge in [-0.25, -0.2) is 4.98 Å². The largest absolute Gasteiger partial charge is 0.436 e. The molecule has 9 aromatic carbocycles. The monoisotopic (exact) mass is 701 g/mol. The number of benzene rings is 9. The number of fused-ring (bicyclic) bond motifs is 10. The highest BCUT2D eigenvalue weighted by molar-refractivity contribution is 6.13. The first-order valence-corrected chi connectivity index (χ1v) is 18.7. The van der Waals surface area contributed by atoms with Gasteiger partial charge in [0.05, 0.1) is 22.1 Å². The summed E-state index contributed by atoms with van der Waals surface area (Å²) >= 11 is 0. The maximum atomic E-state index is 6.53. The van der Waals surface area contributed by atoms with Crippen LogP contribution in [0.15, 0.2) is 192 Å². The van der Waals surface area contributed by atoms with E-state index in [1.807, 2.05) is 0 Å². The molecule has 0 saturated carbocycles. The molecule has 0 radical (unpaired) electrons. The Morgan fingerprint density at radius 1 is 0.345 bits per heavy atom. The van der Waals surface area contributed by atoms with E-state index >= 15 is 0 Å². The topological polar surface area (TPSA) is 35.9 Å². The second-order valence-electron chi connectivity index (χ2n) is 14.4. The van der Waals surface area contributed by atoms with Crippen LogP contribution in [-0.2, 0) is 0 Å². The molecule has 12 rings (SSSR count). The van der Waals surface area contributed by atoms with E-state index in [9.17, 15) is 0 Å². The quantitative estimate of drug-likeness (QED) is 0.171. The maximum absolute atomic E-state index is 6.53. The zero-order valence-corrected chi connectivity index (χ0v) is 29.6. The smallest absolute Gasteiger partial charge is 0.227 e. The minimum atomic E-state index is 0.618. The molecular weight excluding hydrogens is 671 g/mol. The van der Waals surface area contributed by atoms with Gasteiger partial charge in [0.1, 0.15) is 5.52 Å². The number of rotatable bonds is 4. The van der Waals surface area contributed by atoms with Crippen LogP contribution in [0, 0.1) is 0 Å². The van der Waals surface area contributed by atoms with Gasteiger partial charge < -0.3 is 13.6 Å². The normalized spacial score (nSPS) is 12.0. The summed E-state index contributed by atoms with van der Waals surface area (Å²) < 4.78 is 11.3. The zero-order chi connectivity index (χ0) is 36.0. The van der Waals surface area contributed by atoms with Gasteiger partial charge >= 0.3 is 0 Å². The van der Waals surface area contributed by atoms with Gasteiger partial charge in [-0.15, -0.1) is 0 Å². The van der Waals surface area contributed by atoms with E-state index in [1.54, 1.807) is 0 Å². The molecule has 0 spiro atoms. The number of nitrogens with zero attached hydrogens (tertiary/aromatic N) is 3. The van der Waals surface area contributed by atoms with Crippen LogP contribution in [0.1, 0.15) is 0 Å². The van der Waals surface area contributed by atoms with Crippen LogP contribution in [0.2, 0.25) is 0 Å². The Hall–Kier alpha value is -7.43. The summed E-state index contributed by atoms with van der Waals surface area (Å²) in [6.07, 6.45) is 0. The SMILES string of the molecule is c1ccc(-n2c3ccccc3c3cc(-c4nc5ccc(-c6ccc7c(c6)c6ccccc6n7-c6ccc7ccc8ccccc8c7c6)cc5o4)ccc32)cc1. The molecular formula is C51H31N3O. The van der Waals surface area contributed by atoms with Crippen molar-refractivity contribution in [2.75, 3.05) is 0 Å². The van der Waals surface area contributed by atoms with Gasteiger partial charge in [-0.3, -0.25) is 0 Å². The maximum Gasteiger partial charge on any atom is 0.227 e. The first-order chi connectivity index (χ1) is 27.2. The van der Waals surface area contributed by atoms with Gasteiger partial charge in [0, 0.05) is 38.5 Å². The standard InChI is InChI=1S/C51H31N3O/c1-2-11-37(12-3-1)53-46-16-8-6-15-41(46)44-29-36(23-27-48(44)53)51-52-45-25-21-35(30-50(45)55-51)34-22-26-49-43(28-34)40-14-7-9-17-47(40)54(49)38-24-20-33-19-18-32-10-4-5-13-39(32)42(33)31-38/h1-31H. The van der Waals surface area contributed by atoms with Crippen molar-refractivity contribution in [1.29, 1.82) is 0 Å². The number of hydrogen-bond donors (Lipinski definition) is 0. The van der Waals surface area contributed by atoms with Crippen LogP contribution in [-0.4, -0.2) is 14.1 Å². The van der Waals surface area contributed by atoms with Gasteiger partial charge in [0.25, 0.3) is 0 Å². The van der Waals surface area contributed by atoms with E-state index in [-0.39, 0.29) is 0 Å². The summed E-state index contributed by atoms with van der Waals surface area (Å²) in [5.41, 5.74) is 11.8. The molecule has 256 valence electrons. The van der Waals surface area contributed by atoms with E-state index in [4.69, 9.17) is 9.40 Å². The van der Waals surface area contributed by atoms with Crippen molar-refractivity contribution < 1.29 is 4.42 Å². The molecule has 0 fully saturated rings. The summed E-state index contributed by atoms with van der Waals surface area (Å²) in [5, 5.41) is 9.84. The molecule has 0 aliphatic carbocycles. The minimum Gasteiger partial charge on any atom is -0.436 e. The van der Waals surface area contributed by atoms with Gasteiger partial charge in [-0.2, -0.15) is 0 Å². The fraction of sp³-hybridized carbons (Fsp3) is 0. The third-order valence-corrected chi connectivity index (χ3v) is 11.3. The van der Waals surface area contributed by atoms with Crippen LogP contribution in [0.25, 0.3) is 110 Å². The van der Waals surface area contributed by atoms with E-state index in [0.29, 0.717) is 5.89 Å². The summed E-state index contributed by atoms with van der Waals surface area (Å²) in [4.78, 5) is 4.96. The highest BCUT2D eigenvalue weighted by Gasteiger charge is 2.17. The Kier molecular flexibility index (Phi) is 6.31. The number of para-hydroxylation sites is 3. The van der Waals surface area contributed by atoms with Crippen LogP contribution in [0.4, 0.5) is 0 Å². The summed E-state index contributed by atoms with van der Waals surface area (Å²) in [6, 6.07) is 67.4. The lowest BCUT2D eigenvalue weighted by atomic mass is 10.0. The van der Waals surface area contributed by atoms with Crippen LogP contribution in [0.3, 0.4) is 0 Å². The molecule has 4 nitrogen and oxygen atoms in total.